The SMILES string of the molecule is O=C(COC(=O)CCNC(=O)c1n[nH]c2ccccc12)Nc1ccc(Cl)cc1C(F)(F)F. The molecule has 8 nitrogen and oxygen atoms in total. The van der Waals surface area contributed by atoms with E-state index in [2.05, 4.69) is 15.5 Å². The van der Waals surface area contributed by atoms with Gasteiger partial charge in [0.05, 0.1) is 23.2 Å². The van der Waals surface area contributed by atoms with Gasteiger partial charge in [-0.1, -0.05) is 29.8 Å². The van der Waals surface area contributed by atoms with Gasteiger partial charge in [-0.3, -0.25) is 19.5 Å². The number of carbonyl (C=O) groups excluding carboxylic acids is 3. The van der Waals surface area contributed by atoms with E-state index >= 15 is 0 Å². The molecule has 0 spiro atoms. The molecule has 3 rings (SSSR count). The highest BCUT2D eigenvalue weighted by Gasteiger charge is 2.34. The van der Waals surface area contributed by atoms with Crippen molar-refractivity contribution in [1.82, 2.24) is 15.5 Å². The standard InChI is InChI=1S/C20H16ClF3N4O4/c21-11-5-6-15(13(9-11)20(22,23)24)26-16(29)10-32-17(30)7-8-25-19(31)18-12-3-1-2-4-14(12)27-28-18/h1-6,9H,7-8,10H2,(H,25,31)(H,26,29)(H,27,28). The van der Waals surface area contributed by atoms with E-state index in [0.29, 0.717) is 17.0 Å². The Kier molecular flexibility index (Phi) is 6.98. The average Bonchev–Trinajstić information content (AvgIpc) is 3.17. The van der Waals surface area contributed by atoms with Gasteiger partial charge in [0, 0.05) is 17.0 Å². The van der Waals surface area contributed by atoms with E-state index in [0.717, 1.165) is 6.07 Å². The van der Waals surface area contributed by atoms with E-state index in [1.807, 2.05) is 5.32 Å². The Morgan fingerprint density at radius 1 is 1.12 bits per heavy atom. The summed E-state index contributed by atoms with van der Waals surface area (Å²) in [5, 5.41) is 11.6. The highest BCUT2D eigenvalue weighted by molar-refractivity contribution is 6.30. The zero-order valence-corrected chi connectivity index (χ0v) is 17.0. The number of fused-ring (bicyclic) bond motifs is 1. The summed E-state index contributed by atoms with van der Waals surface area (Å²) in [6.07, 6.45) is -4.99. The lowest BCUT2D eigenvalue weighted by Crippen LogP contribution is -2.28. The highest BCUT2D eigenvalue weighted by Crippen LogP contribution is 2.36. The number of hydrogen-bond acceptors (Lipinski definition) is 5. The third-order valence-corrected chi connectivity index (χ3v) is 4.46. The van der Waals surface area contributed by atoms with Crippen LogP contribution >= 0.6 is 11.6 Å². The maximum absolute atomic E-state index is 13.0. The Labute approximate surface area is 184 Å². The van der Waals surface area contributed by atoms with Crippen molar-refractivity contribution in [2.24, 2.45) is 0 Å². The summed E-state index contributed by atoms with van der Waals surface area (Å²) in [7, 11) is 0. The fourth-order valence-electron chi connectivity index (χ4n) is 2.76. The lowest BCUT2D eigenvalue weighted by atomic mass is 10.1. The van der Waals surface area contributed by atoms with Crippen molar-refractivity contribution in [3.8, 4) is 0 Å². The Balaban J connectivity index is 1.45. The smallest absolute Gasteiger partial charge is 0.418 e. The molecule has 0 aliphatic heterocycles. The number of aromatic amines is 1. The number of H-pyrrole nitrogens is 1. The number of rotatable bonds is 7. The first-order valence-electron chi connectivity index (χ1n) is 9.18. The van der Waals surface area contributed by atoms with Gasteiger partial charge < -0.3 is 15.4 Å². The van der Waals surface area contributed by atoms with Crippen LogP contribution in [0, 0.1) is 0 Å². The molecule has 0 bridgehead atoms. The van der Waals surface area contributed by atoms with E-state index in [-0.39, 0.29) is 23.7 Å². The molecule has 168 valence electrons. The normalized spacial score (nSPS) is 11.2. The Morgan fingerprint density at radius 2 is 1.88 bits per heavy atom. The molecular weight excluding hydrogens is 453 g/mol. The molecule has 2 amide bonds. The number of hydrogen-bond donors (Lipinski definition) is 3. The highest BCUT2D eigenvalue weighted by atomic mass is 35.5. The molecular formula is C20H16ClF3N4O4. The fourth-order valence-corrected chi connectivity index (χ4v) is 2.93. The Bertz CT molecular complexity index is 1160. The first kappa shape index (κ1) is 23.1. The van der Waals surface area contributed by atoms with Crippen LogP contribution in [-0.4, -0.2) is 41.1 Å². The number of para-hydroxylation sites is 1. The van der Waals surface area contributed by atoms with Crippen LogP contribution in [0.4, 0.5) is 18.9 Å². The number of ether oxygens (including phenoxy) is 1. The van der Waals surface area contributed by atoms with Crippen LogP contribution in [0.3, 0.4) is 0 Å². The molecule has 32 heavy (non-hydrogen) atoms. The minimum atomic E-state index is -4.73. The summed E-state index contributed by atoms with van der Waals surface area (Å²) in [6.45, 7) is -0.882. The average molecular weight is 469 g/mol. The summed E-state index contributed by atoms with van der Waals surface area (Å²) in [4.78, 5) is 35.8. The van der Waals surface area contributed by atoms with Gasteiger partial charge in [-0.15, -0.1) is 0 Å². The molecule has 0 saturated heterocycles. The maximum atomic E-state index is 13.0. The Morgan fingerprint density at radius 3 is 2.62 bits per heavy atom. The molecule has 3 N–H and O–H groups in total. The number of aromatic nitrogens is 2. The van der Waals surface area contributed by atoms with Gasteiger partial charge in [0.25, 0.3) is 11.8 Å². The lowest BCUT2D eigenvalue weighted by molar-refractivity contribution is -0.147. The van der Waals surface area contributed by atoms with E-state index in [9.17, 15) is 27.6 Å². The van der Waals surface area contributed by atoms with Crippen LogP contribution in [0.1, 0.15) is 22.5 Å². The molecule has 0 radical (unpaired) electrons. The van der Waals surface area contributed by atoms with Gasteiger partial charge in [0.2, 0.25) is 0 Å². The number of esters is 1. The number of alkyl halides is 3. The van der Waals surface area contributed by atoms with E-state index < -0.39 is 41.8 Å². The summed E-state index contributed by atoms with van der Waals surface area (Å²) in [5.41, 5.74) is -0.797. The van der Waals surface area contributed by atoms with Gasteiger partial charge in [-0.2, -0.15) is 18.3 Å². The van der Waals surface area contributed by atoms with Crippen molar-refractivity contribution < 1.29 is 32.3 Å². The molecule has 0 aliphatic carbocycles. The second-order valence-corrected chi connectivity index (χ2v) is 6.96. The van der Waals surface area contributed by atoms with Crippen molar-refractivity contribution in [3.63, 3.8) is 0 Å². The number of halogens is 4. The van der Waals surface area contributed by atoms with E-state index in [1.54, 1.807) is 24.3 Å². The molecule has 12 heteroatoms. The molecule has 1 heterocycles. The Hall–Kier alpha value is -3.60. The monoisotopic (exact) mass is 468 g/mol. The third-order valence-electron chi connectivity index (χ3n) is 4.23. The van der Waals surface area contributed by atoms with Gasteiger partial charge >= 0.3 is 12.1 Å². The summed E-state index contributed by atoms with van der Waals surface area (Å²) < 4.78 is 43.9. The van der Waals surface area contributed by atoms with Crippen LogP contribution in [0.15, 0.2) is 42.5 Å². The molecule has 0 saturated carbocycles. The van der Waals surface area contributed by atoms with Crippen LogP contribution in [0.2, 0.25) is 5.02 Å². The van der Waals surface area contributed by atoms with Crippen LogP contribution in [-0.2, 0) is 20.5 Å². The van der Waals surface area contributed by atoms with Crippen LogP contribution in [0.25, 0.3) is 10.9 Å². The predicted molar refractivity (Wildman–Crippen MR) is 109 cm³/mol. The largest absolute Gasteiger partial charge is 0.456 e. The van der Waals surface area contributed by atoms with Crippen molar-refractivity contribution in [3.05, 3.63) is 58.7 Å². The lowest BCUT2D eigenvalue weighted by Gasteiger charge is -2.14. The first-order chi connectivity index (χ1) is 15.1. The minimum Gasteiger partial charge on any atom is -0.456 e. The van der Waals surface area contributed by atoms with Crippen molar-refractivity contribution in [1.29, 1.82) is 0 Å². The molecule has 1 aromatic heterocycles. The van der Waals surface area contributed by atoms with Crippen molar-refractivity contribution >= 4 is 46.0 Å². The summed E-state index contributed by atoms with van der Waals surface area (Å²) >= 11 is 5.58. The number of benzene rings is 2. The molecule has 0 fully saturated rings. The number of nitrogens with one attached hydrogen (secondary N) is 3. The second kappa shape index (κ2) is 9.69. The number of nitrogens with zero attached hydrogens (tertiary/aromatic N) is 1. The molecule has 0 unspecified atom stereocenters. The summed E-state index contributed by atoms with van der Waals surface area (Å²) in [6, 6.07) is 9.86. The number of amides is 2. The van der Waals surface area contributed by atoms with Gasteiger partial charge in [0.15, 0.2) is 12.3 Å². The van der Waals surface area contributed by atoms with E-state index in [4.69, 9.17) is 16.3 Å². The van der Waals surface area contributed by atoms with Gasteiger partial charge in [0.1, 0.15) is 0 Å². The molecule has 2 aromatic carbocycles. The van der Waals surface area contributed by atoms with Crippen molar-refractivity contribution in [2.45, 2.75) is 12.6 Å². The number of anilines is 1. The quantitative estimate of drug-likeness (QED) is 0.459. The fraction of sp³-hybridized carbons (Fsp3) is 0.200. The van der Waals surface area contributed by atoms with Crippen molar-refractivity contribution in [2.75, 3.05) is 18.5 Å². The summed E-state index contributed by atoms with van der Waals surface area (Å²) in [5.74, 6) is -2.28. The van der Waals surface area contributed by atoms with Crippen LogP contribution in [0.5, 0.6) is 0 Å². The topological polar surface area (TPSA) is 113 Å². The molecule has 3 aromatic rings. The third kappa shape index (κ3) is 5.76. The second-order valence-electron chi connectivity index (χ2n) is 6.52. The van der Waals surface area contributed by atoms with Gasteiger partial charge in [-0.25, -0.2) is 0 Å². The predicted octanol–water partition coefficient (Wildman–Crippen LogP) is 3.54. The zero-order chi connectivity index (χ0) is 23.3. The number of carbonyl (C=O) groups is 3. The molecule has 0 atom stereocenters. The van der Waals surface area contributed by atoms with Crippen LogP contribution < -0.4 is 10.6 Å². The maximum Gasteiger partial charge on any atom is 0.418 e. The van der Waals surface area contributed by atoms with Gasteiger partial charge in [-0.05, 0) is 24.3 Å². The first-order valence-corrected chi connectivity index (χ1v) is 9.56. The minimum absolute atomic E-state index is 0.0874. The molecule has 0 aliphatic rings. The zero-order valence-electron chi connectivity index (χ0n) is 16.3. The van der Waals surface area contributed by atoms with E-state index in [1.165, 1.54) is 6.07 Å².